The molecule has 0 aliphatic heterocycles. The second-order valence-electron chi connectivity index (χ2n) is 35.0. The number of alkyl carbamates (subject to hydrolysis) is 1. The van der Waals surface area contributed by atoms with Crippen molar-refractivity contribution in [2.24, 2.45) is 22.5 Å². The molecule has 3 unspecified atom stereocenters. The lowest BCUT2D eigenvalue weighted by Crippen LogP contribution is -2.65. The summed E-state index contributed by atoms with van der Waals surface area (Å²) in [7, 11) is 0. The molecule has 4 fully saturated rings. The van der Waals surface area contributed by atoms with Gasteiger partial charge in [0.05, 0.1) is 188 Å². The Balaban J connectivity index is 1.06. The number of nitrogens with one attached hydrogen (secondary N) is 1. The highest BCUT2D eigenvalue weighted by molar-refractivity contribution is 5.77. The second-order valence-corrected chi connectivity index (χ2v) is 35.0. The van der Waals surface area contributed by atoms with E-state index in [-0.39, 0.29) is 181 Å². The van der Waals surface area contributed by atoms with E-state index in [1.54, 1.807) is 42.5 Å². The minimum Gasteiger partial charge on any atom is -0.504 e. The van der Waals surface area contributed by atoms with Gasteiger partial charge in [0.25, 0.3) is 0 Å². The number of aromatic hydroxyl groups is 2. The molecule has 686 valence electrons. The Hall–Kier alpha value is -7.02. The third-order valence-corrected chi connectivity index (χ3v) is 19.1. The standard InChI is InChI=1S/C90H142N2O29/c1-84(2,3)118-45-33-102-21-17-98-25-37-108-75-51-67(52-76(109-38-26-99-18-22-103-34-46-119-85(4,5)6)80(75)112-41-29-106-31-43-114-82(96)79(91)70-15-16-73(94)74(95)55-70)61-116-71-49-66(60-93)50-72(56-71)117-62-68-53-77(110-39-27-100-19-23-104-35-47-120-86(7,8)9)81(78(54-68)111-40-28-101-20-24-105-36-48-121-87(10,11)12)113-42-30-107-32-44-115-83(97)92-90-59-69-57-88(13,64-90)63-89(14,58-69)65-90/h15-16,49-56,69,79,93-95H,17-48,57-65,91H2,1-14H3,(H,92,97). The molecule has 4 aromatic rings. The zero-order chi connectivity index (χ0) is 87.6. The monoisotopic (exact) mass is 1710 g/mol. The van der Waals surface area contributed by atoms with Crippen molar-refractivity contribution in [3.8, 4) is 57.5 Å². The summed E-state index contributed by atoms with van der Waals surface area (Å²) in [6.07, 6.45) is 6.16. The zero-order valence-corrected chi connectivity index (χ0v) is 74.5. The summed E-state index contributed by atoms with van der Waals surface area (Å²) in [5, 5.41) is 33.7. The van der Waals surface area contributed by atoms with E-state index in [4.69, 9.17) is 119 Å². The first-order chi connectivity index (χ1) is 57.7. The molecule has 3 atom stereocenters. The van der Waals surface area contributed by atoms with E-state index in [0.717, 1.165) is 19.3 Å². The van der Waals surface area contributed by atoms with Gasteiger partial charge in [0.15, 0.2) is 34.5 Å². The molecule has 4 aliphatic rings. The van der Waals surface area contributed by atoms with E-state index in [1.165, 1.54) is 37.5 Å². The number of aliphatic hydroxyl groups is 1. The first-order valence-electron chi connectivity index (χ1n) is 42.5. The SMILES string of the molecule is CC12CC3CC(C)(C1)CC(NC(=O)OCCOCCOc1c(OCCOCCOCCOC(C)(C)C)cc(COc4cc(CO)cc(OCc5cc(OCCOCCOCCOC(C)(C)C)c(OCCOCCOC(=O)C(N)c6ccc(O)c(O)c6)c(OCCOCCOCCOC(C)(C)C)c5)c4)cc1OCCOCCOCCOC(C)(C)C)(C3)C2. The van der Waals surface area contributed by atoms with E-state index >= 15 is 0 Å². The predicted octanol–water partition coefficient (Wildman–Crippen LogP) is 12.2. The van der Waals surface area contributed by atoms with Crippen molar-refractivity contribution < 1.29 is 139 Å². The Morgan fingerprint density at radius 1 is 0.380 bits per heavy atom. The number of esters is 1. The fourth-order valence-corrected chi connectivity index (χ4v) is 14.9. The Bertz CT molecular complexity index is 3480. The maximum Gasteiger partial charge on any atom is 0.407 e. The van der Waals surface area contributed by atoms with Crippen LogP contribution in [-0.4, -0.2) is 267 Å². The van der Waals surface area contributed by atoms with Gasteiger partial charge in [0.1, 0.15) is 83.6 Å². The van der Waals surface area contributed by atoms with Gasteiger partial charge in [-0.15, -0.1) is 0 Å². The second kappa shape index (κ2) is 52.0. The number of rotatable bonds is 64. The summed E-state index contributed by atoms with van der Waals surface area (Å²) >= 11 is 0. The maximum atomic E-state index is 13.3. The highest BCUT2D eigenvalue weighted by Gasteiger charge is 2.60. The van der Waals surface area contributed by atoms with Crippen molar-refractivity contribution >= 4 is 12.1 Å². The van der Waals surface area contributed by atoms with Gasteiger partial charge >= 0.3 is 12.1 Å². The third-order valence-electron chi connectivity index (χ3n) is 19.1. The topological polar surface area (TPSA) is 354 Å². The van der Waals surface area contributed by atoms with E-state index in [2.05, 4.69) is 19.2 Å². The van der Waals surface area contributed by atoms with Gasteiger partial charge in [0, 0.05) is 11.6 Å². The van der Waals surface area contributed by atoms with Crippen molar-refractivity contribution in [2.75, 3.05) is 211 Å². The normalized spacial score (nSPS) is 18.0. The number of hydrogen-bond acceptors (Lipinski definition) is 30. The molecule has 0 radical (unpaired) electrons. The highest BCUT2D eigenvalue weighted by Crippen LogP contribution is 2.66. The summed E-state index contributed by atoms with van der Waals surface area (Å²) in [5.41, 5.74) is 7.16. The molecule has 31 nitrogen and oxygen atoms in total. The van der Waals surface area contributed by atoms with Gasteiger partial charge in [0.2, 0.25) is 11.5 Å². The molecule has 4 saturated carbocycles. The number of aliphatic hydroxyl groups excluding tert-OH is 1. The summed E-state index contributed by atoms with van der Waals surface area (Å²) in [5.74, 6) is 1.60. The Kier molecular flexibility index (Phi) is 43.5. The van der Waals surface area contributed by atoms with Crippen LogP contribution in [0, 0.1) is 16.7 Å². The number of amides is 1. The number of carbonyl (C=O) groups is 2. The Labute approximate surface area is 716 Å². The highest BCUT2D eigenvalue weighted by atomic mass is 16.6. The molecule has 0 spiro atoms. The largest absolute Gasteiger partial charge is 0.504 e. The van der Waals surface area contributed by atoms with Crippen LogP contribution in [0.15, 0.2) is 60.7 Å². The molecule has 6 N–H and O–H groups in total. The summed E-state index contributed by atoms with van der Waals surface area (Å²) in [6.45, 7) is 35.8. The number of benzene rings is 4. The van der Waals surface area contributed by atoms with Crippen LogP contribution >= 0.6 is 0 Å². The van der Waals surface area contributed by atoms with E-state index in [1.807, 2.05) is 83.1 Å². The third kappa shape index (κ3) is 41.1. The number of hydrogen-bond donors (Lipinski definition) is 5. The van der Waals surface area contributed by atoms with Crippen LogP contribution in [0.4, 0.5) is 4.79 Å². The number of phenols is 2. The molecule has 121 heavy (non-hydrogen) atoms. The lowest BCUT2D eigenvalue weighted by Gasteiger charge is -2.65. The van der Waals surface area contributed by atoms with Crippen molar-refractivity contribution in [1.29, 1.82) is 0 Å². The van der Waals surface area contributed by atoms with Gasteiger partial charge in [-0.1, -0.05) is 19.9 Å². The van der Waals surface area contributed by atoms with Gasteiger partial charge in [-0.3, -0.25) is 0 Å². The molecule has 1 amide bonds. The minimum atomic E-state index is -1.22. The molecule has 31 heteroatoms. The van der Waals surface area contributed by atoms with Crippen LogP contribution in [-0.2, 0) is 100 Å². The van der Waals surface area contributed by atoms with Gasteiger partial charge < -0.3 is 140 Å². The van der Waals surface area contributed by atoms with Gasteiger partial charge in [-0.05, 0) is 209 Å². The van der Waals surface area contributed by atoms with E-state index in [0.29, 0.717) is 169 Å². The molecular weight excluding hydrogens is 1570 g/mol. The number of ether oxygens (including phenoxy) is 24. The number of nitrogens with two attached hydrogens (primary N) is 1. The van der Waals surface area contributed by atoms with Crippen LogP contribution in [0.5, 0.6) is 57.5 Å². The maximum absolute atomic E-state index is 13.3. The molecule has 4 aliphatic carbocycles. The summed E-state index contributed by atoms with van der Waals surface area (Å²) in [4.78, 5) is 26.2. The molecule has 0 aromatic heterocycles. The van der Waals surface area contributed by atoms with E-state index < -0.39 is 23.9 Å². The average Bonchev–Trinajstić information content (AvgIpc) is 0.711. The first-order valence-corrected chi connectivity index (χ1v) is 42.5. The van der Waals surface area contributed by atoms with Crippen molar-refractivity contribution in [1.82, 2.24) is 5.32 Å². The molecule has 0 heterocycles. The molecule has 0 saturated heterocycles. The first kappa shape index (κ1) is 101. The minimum absolute atomic E-state index is 0.00314. The molecule has 4 aromatic carbocycles. The summed E-state index contributed by atoms with van der Waals surface area (Å²) < 4.78 is 145. The van der Waals surface area contributed by atoms with Crippen molar-refractivity contribution in [3.63, 3.8) is 0 Å². The quantitative estimate of drug-likeness (QED) is 0.0156. The fraction of sp³-hybridized carbons (Fsp3) is 0.711. The smallest absolute Gasteiger partial charge is 0.407 e. The Morgan fingerprint density at radius 2 is 0.702 bits per heavy atom. The lowest BCUT2D eigenvalue weighted by molar-refractivity contribution is -0.147. The fourth-order valence-electron chi connectivity index (χ4n) is 14.9. The van der Waals surface area contributed by atoms with Crippen LogP contribution in [0.3, 0.4) is 0 Å². The van der Waals surface area contributed by atoms with Crippen molar-refractivity contribution in [2.45, 2.75) is 189 Å². The molecule has 4 bridgehead atoms. The summed E-state index contributed by atoms with van der Waals surface area (Å²) in [6, 6.07) is 14.9. The van der Waals surface area contributed by atoms with Gasteiger partial charge in [-0.2, -0.15) is 0 Å². The zero-order valence-electron chi connectivity index (χ0n) is 74.5. The van der Waals surface area contributed by atoms with Crippen LogP contribution in [0.25, 0.3) is 0 Å². The molecule has 8 rings (SSSR count). The van der Waals surface area contributed by atoms with Crippen LogP contribution in [0.1, 0.15) is 164 Å². The molecular formula is C90H142N2O29. The van der Waals surface area contributed by atoms with Gasteiger partial charge in [-0.25, -0.2) is 9.59 Å². The predicted molar refractivity (Wildman–Crippen MR) is 450 cm³/mol. The average molecular weight is 1720 g/mol. The van der Waals surface area contributed by atoms with E-state index in [9.17, 15) is 24.9 Å². The lowest BCUT2D eigenvalue weighted by atomic mass is 9.43. The van der Waals surface area contributed by atoms with Crippen molar-refractivity contribution in [3.05, 3.63) is 82.9 Å². The van der Waals surface area contributed by atoms with Crippen LogP contribution < -0.4 is 48.9 Å². The number of phenolic OH excluding ortho intramolecular Hbond substituents is 2. The number of carbonyl (C=O) groups excluding carboxylic acids is 2. The van der Waals surface area contributed by atoms with Crippen LogP contribution in [0.2, 0.25) is 0 Å². The Morgan fingerprint density at radius 3 is 1.03 bits per heavy atom.